The second kappa shape index (κ2) is 10.2. The summed E-state index contributed by atoms with van der Waals surface area (Å²) in [7, 11) is 1.26. The maximum absolute atomic E-state index is 13.0. The van der Waals surface area contributed by atoms with Gasteiger partial charge < -0.3 is 29.7 Å². The van der Waals surface area contributed by atoms with E-state index in [4.69, 9.17) is 9.47 Å². The minimum atomic E-state index is -0.550. The summed E-state index contributed by atoms with van der Waals surface area (Å²) < 4.78 is 15.2. The predicted molar refractivity (Wildman–Crippen MR) is 120 cm³/mol. The van der Waals surface area contributed by atoms with Crippen LogP contribution < -0.4 is 25.0 Å². The van der Waals surface area contributed by atoms with Crippen molar-refractivity contribution in [2.24, 2.45) is 0 Å². The Balaban J connectivity index is 1.33. The van der Waals surface area contributed by atoms with E-state index in [2.05, 4.69) is 20.3 Å². The molecule has 2 aliphatic rings. The van der Waals surface area contributed by atoms with Crippen LogP contribution in [-0.2, 0) is 20.9 Å². The Kier molecular flexibility index (Phi) is 6.97. The number of esters is 1. The molecule has 33 heavy (non-hydrogen) atoms. The van der Waals surface area contributed by atoms with Gasteiger partial charge in [0.15, 0.2) is 11.5 Å². The van der Waals surface area contributed by atoms with Crippen molar-refractivity contribution < 1.29 is 28.6 Å². The van der Waals surface area contributed by atoms with Crippen molar-refractivity contribution in [3.63, 3.8) is 0 Å². The number of piperidine rings is 1. The lowest BCUT2D eigenvalue weighted by Gasteiger charge is -2.34. The fraction of sp³-hybridized carbons (Fsp3) is 0.375. The highest BCUT2D eigenvalue weighted by Gasteiger charge is 2.24. The first kappa shape index (κ1) is 22.4. The zero-order valence-electron chi connectivity index (χ0n) is 18.5. The van der Waals surface area contributed by atoms with Crippen LogP contribution in [0, 0.1) is 0 Å². The molecule has 0 unspecified atom stereocenters. The number of nitrogens with one attached hydrogen (secondary N) is 2. The molecule has 0 aromatic heterocycles. The molecular weight excluding hydrogens is 426 g/mol. The molecule has 0 saturated carbocycles. The van der Waals surface area contributed by atoms with Crippen LogP contribution in [-0.4, -0.2) is 50.8 Å². The van der Waals surface area contributed by atoms with Crippen molar-refractivity contribution in [2.45, 2.75) is 31.8 Å². The number of hydrogen-bond acceptors (Lipinski definition) is 7. The SMILES string of the molecule is COC(=O)CC(=O)NC1CCN(c2ccccc2C(=O)NCc2ccc3c(c2)OCO3)CC1. The molecule has 0 bridgehead atoms. The summed E-state index contributed by atoms with van der Waals surface area (Å²) >= 11 is 0. The number of nitrogens with zero attached hydrogens (tertiary/aromatic N) is 1. The zero-order chi connectivity index (χ0) is 23.2. The third-order valence-electron chi connectivity index (χ3n) is 5.77. The number of amides is 2. The molecule has 174 valence electrons. The predicted octanol–water partition coefficient (Wildman–Crippen LogP) is 1.99. The lowest BCUT2D eigenvalue weighted by atomic mass is 10.0. The number of carbonyl (C=O) groups excluding carboxylic acids is 3. The van der Waals surface area contributed by atoms with E-state index in [-0.39, 0.29) is 31.1 Å². The van der Waals surface area contributed by atoms with Gasteiger partial charge in [-0.2, -0.15) is 0 Å². The number of rotatable bonds is 7. The van der Waals surface area contributed by atoms with E-state index < -0.39 is 5.97 Å². The highest BCUT2D eigenvalue weighted by Crippen LogP contribution is 2.32. The minimum Gasteiger partial charge on any atom is -0.469 e. The second-order valence-electron chi connectivity index (χ2n) is 7.97. The number of anilines is 1. The molecule has 0 atom stereocenters. The lowest BCUT2D eigenvalue weighted by Crippen LogP contribution is -2.45. The summed E-state index contributed by atoms with van der Waals surface area (Å²) in [5.74, 6) is 0.356. The molecule has 2 heterocycles. The van der Waals surface area contributed by atoms with Crippen LogP contribution >= 0.6 is 0 Å². The van der Waals surface area contributed by atoms with E-state index in [1.54, 1.807) is 0 Å². The Morgan fingerprint density at radius 3 is 2.61 bits per heavy atom. The number of benzene rings is 2. The Bertz CT molecular complexity index is 1030. The normalized spacial score (nSPS) is 15.1. The first-order valence-corrected chi connectivity index (χ1v) is 10.9. The number of para-hydroxylation sites is 1. The van der Waals surface area contributed by atoms with E-state index in [1.807, 2.05) is 42.5 Å². The fourth-order valence-electron chi connectivity index (χ4n) is 4.02. The van der Waals surface area contributed by atoms with Gasteiger partial charge in [-0.05, 0) is 42.7 Å². The second-order valence-corrected chi connectivity index (χ2v) is 7.97. The van der Waals surface area contributed by atoms with E-state index in [9.17, 15) is 14.4 Å². The number of hydrogen-bond donors (Lipinski definition) is 2. The van der Waals surface area contributed by atoms with Crippen LogP contribution in [0.25, 0.3) is 0 Å². The number of fused-ring (bicyclic) bond motifs is 1. The molecule has 0 aliphatic carbocycles. The van der Waals surface area contributed by atoms with E-state index in [0.29, 0.717) is 36.7 Å². The summed E-state index contributed by atoms with van der Waals surface area (Å²) in [4.78, 5) is 38.3. The van der Waals surface area contributed by atoms with E-state index >= 15 is 0 Å². The topological polar surface area (TPSA) is 106 Å². The third-order valence-corrected chi connectivity index (χ3v) is 5.77. The maximum atomic E-state index is 13.0. The van der Waals surface area contributed by atoms with Crippen molar-refractivity contribution in [3.8, 4) is 11.5 Å². The zero-order valence-corrected chi connectivity index (χ0v) is 18.5. The molecular formula is C24H27N3O6. The summed E-state index contributed by atoms with van der Waals surface area (Å²) in [5.41, 5.74) is 2.39. The Hall–Kier alpha value is -3.75. The molecule has 4 rings (SSSR count). The van der Waals surface area contributed by atoms with Gasteiger partial charge in [-0.3, -0.25) is 14.4 Å². The van der Waals surface area contributed by atoms with Crippen LogP contribution in [0.5, 0.6) is 11.5 Å². The van der Waals surface area contributed by atoms with Crippen LogP contribution in [0.3, 0.4) is 0 Å². The quantitative estimate of drug-likeness (QED) is 0.488. The standard InChI is InChI=1S/C24H27N3O6/c1-31-23(29)13-22(28)26-17-8-10-27(11-9-17)19-5-3-2-4-18(19)24(30)25-14-16-6-7-20-21(12-16)33-15-32-20/h2-7,12,17H,8-11,13-15H2,1H3,(H,25,30)(H,26,28). The Labute approximate surface area is 192 Å². The monoisotopic (exact) mass is 453 g/mol. The average molecular weight is 453 g/mol. The van der Waals surface area contributed by atoms with Crippen LogP contribution in [0.15, 0.2) is 42.5 Å². The third kappa shape index (κ3) is 5.54. The molecule has 9 nitrogen and oxygen atoms in total. The van der Waals surface area contributed by atoms with Crippen molar-refractivity contribution in [2.75, 3.05) is 31.9 Å². The lowest BCUT2D eigenvalue weighted by molar-refractivity contribution is -0.144. The molecule has 2 aliphatic heterocycles. The van der Waals surface area contributed by atoms with Gasteiger partial charge in [-0.15, -0.1) is 0 Å². The van der Waals surface area contributed by atoms with Crippen molar-refractivity contribution in [3.05, 3.63) is 53.6 Å². The fourth-order valence-corrected chi connectivity index (χ4v) is 4.02. The molecule has 2 aromatic rings. The first-order chi connectivity index (χ1) is 16.0. The molecule has 9 heteroatoms. The highest BCUT2D eigenvalue weighted by molar-refractivity contribution is 5.99. The number of methoxy groups -OCH3 is 1. The Morgan fingerprint density at radius 2 is 1.82 bits per heavy atom. The van der Waals surface area contributed by atoms with Gasteiger partial charge in [0, 0.05) is 31.4 Å². The first-order valence-electron chi connectivity index (χ1n) is 10.9. The van der Waals surface area contributed by atoms with Gasteiger partial charge in [-0.1, -0.05) is 18.2 Å². The van der Waals surface area contributed by atoms with Gasteiger partial charge in [0.2, 0.25) is 12.7 Å². The van der Waals surface area contributed by atoms with Crippen LogP contribution in [0.1, 0.15) is 35.2 Å². The average Bonchev–Trinajstić information content (AvgIpc) is 3.31. The minimum absolute atomic E-state index is 0.00889. The molecule has 2 N–H and O–H groups in total. The van der Waals surface area contributed by atoms with Crippen molar-refractivity contribution in [1.29, 1.82) is 0 Å². The van der Waals surface area contributed by atoms with Gasteiger partial charge in [0.25, 0.3) is 5.91 Å². The molecule has 1 fully saturated rings. The van der Waals surface area contributed by atoms with E-state index in [0.717, 1.165) is 24.1 Å². The molecule has 2 amide bonds. The summed E-state index contributed by atoms with van der Waals surface area (Å²) in [6.07, 6.45) is 1.17. The highest BCUT2D eigenvalue weighted by atomic mass is 16.7. The summed E-state index contributed by atoms with van der Waals surface area (Å²) in [6.45, 7) is 1.97. The van der Waals surface area contributed by atoms with Crippen LogP contribution in [0.4, 0.5) is 5.69 Å². The molecule has 2 aromatic carbocycles. The van der Waals surface area contributed by atoms with Crippen LogP contribution in [0.2, 0.25) is 0 Å². The maximum Gasteiger partial charge on any atom is 0.315 e. The molecule has 0 spiro atoms. The van der Waals surface area contributed by atoms with Crippen molar-refractivity contribution in [1.82, 2.24) is 10.6 Å². The summed E-state index contributed by atoms with van der Waals surface area (Å²) in [5, 5.41) is 5.87. The molecule has 1 saturated heterocycles. The number of ether oxygens (including phenoxy) is 3. The van der Waals surface area contributed by atoms with Gasteiger partial charge in [0.05, 0.1) is 12.7 Å². The number of carbonyl (C=O) groups is 3. The molecule has 0 radical (unpaired) electrons. The largest absolute Gasteiger partial charge is 0.469 e. The van der Waals surface area contributed by atoms with Crippen molar-refractivity contribution >= 4 is 23.5 Å². The van der Waals surface area contributed by atoms with Gasteiger partial charge in [0.1, 0.15) is 6.42 Å². The van der Waals surface area contributed by atoms with E-state index in [1.165, 1.54) is 7.11 Å². The summed E-state index contributed by atoms with van der Waals surface area (Å²) in [6, 6.07) is 13.1. The Morgan fingerprint density at radius 1 is 1.06 bits per heavy atom. The van der Waals surface area contributed by atoms with Gasteiger partial charge in [-0.25, -0.2) is 0 Å². The van der Waals surface area contributed by atoms with Gasteiger partial charge >= 0.3 is 5.97 Å². The smallest absolute Gasteiger partial charge is 0.315 e.